The average Bonchev–Trinajstić information content (AvgIpc) is 3.76. The third kappa shape index (κ3) is 6.46. The summed E-state index contributed by atoms with van der Waals surface area (Å²) in [4.78, 5) is 10.3. The predicted molar refractivity (Wildman–Crippen MR) is 192 cm³/mol. The van der Waals surface area contributed by atoms with Crippen molar-refractivity contribution in [1.82, 2.24) is 13.9 Å². The SMILES string of the molecule is Cc1cc(-c2cnc3c(c2)c(-c2ccc(S(C)(=O)=NC4CC4)cc2)cn3S(=O)(=O)Cc2ccccc2)cc(C)c1N1CCN(C)CC1. The zero-order valence-electron chi connectivity index (χ0n) is 27.4. The minimum absolute atomic E-state index is 0.147. The highest BCUT2D eigenvalue weighted by Crippen LogP contribution is 2.37. The summed E-state index contributed by atoms with van der Waals surface area (Å²) in [7, 11) is -4.13. The first kappa shape index (κ1) is 31.6. The van der Waals surface area contributed by atoms with E-state index in [-0.39, 0.29) is 11.8 Å². The van der Waals surface area contributed by atoms with Crippen LogP contribution in [0.25, 0.3) is 33.3 Å². The van der Waals surface area contributed by atoms with Crippen molar-refractivity contribution in [3.63, 3.8) is 0 Å². The number of hydrogen-bond donors (Lipinski definition) is 0. The monoisotopic (exact) mass is 667 g/mol. The Kier molecular flexibility index (Phi) is 8.22. The van der Waals surface area contributed by atoms with Gasteiger partial charge in [-0.3, -0.25) is 0 Å². The van der Waals surface area contributed by atoms with Gasteiger partial charge in [-0.05, 0) is 91.9 Å². The summed E-state index contributed by atoms with van der Waals surface area (Å²) >= 11 is 0. The summed E-state index contributed by atoms with van der Waals surface area (Å²) in [6.45, 7) is 8.41. The van der Waals surface area contributed by atoms with Gasteiger partial charge in [0.25, 0.3) is 0 Å². The summed E-state index contributed by atoms with van der Waals surface area (Å²) in [5.41, 5.74) is 8.34. The van der Waals surface area contributed by atoms with E-state index in [4.69, 9.17) is 4.98 Å². The fourth-order valence-corrected chi connectivity index (χ4v) is 9.57. The van der Waals surface area contributed by atoms with Crippen LogP contribution in [-0.2, 0) is 25.5 Å². The molecule has 3 heterocycles. The highest BCUT2D eigenvalue weighted by Gasteiger charge is 2.25. The van der Waals surface area contributed by atoms with E-state index in [0.717, 1.165) is 66.7 Å². The fraction of sp³-hybridized carbons (Fsp3) is 0.324. The van der Waals surface area contributed by atoms with Crippen molar-refractivity contribution in [1.29, 1.82) is 0 Å². The minimum Gasteiger partial charge on any atom is -0.369 e. The maximum atomic E-state index is 13.9. The van der Waals surface area contributed by atoms with Gasteiger partial charge in [0.15, 0.2) is 5.65 Å². The zero-order chi connectivity index (χ0) is 32.9. The number of rotatable bonds is 8. The summed E-state index contributed by atoms with van der Waals surface area (Å²) in [5.74, 6) is -0.147. The number of anilines is 1. The van der Waals surface area contributed by atoms with Crippen molar-refractivity contribution in [3.8, 4) is 22.3 Å². The molecule has 5 aromatic rings. The van der Waals surface area contributed by atoms with Crippen LogP contribution in [0, 0.1) is 13.8 Å². The number of fused-ring (bicyclic) bond motifs is 1. The van der Waals surface area contributed by atoms with E-state index in [2.05, 4.69) is 53.3 Å². The second-order valence-electron chi connectivity index (χ2n) is 13.1. The number of hydrogen-bond acceptors (Lipinski definition) is 7. The van der Waals surface area contributed by atoms with Gasteiger partial charge >= 0.3 is 0 Å². The van der Waals surface area contributed by atoms with Crippen molar-refractivity contribution >= 4 is 36.5 Å². The van der Waals surface area contributed by atoms with Crippen molar-refractivity contribution in [2.75, 3.05) is 44.4 Å². The first-order valence-electron chi connectivity index (χ1n) is 16.1. The van der Waals surface area contributed by atoms with E-state index in [0.29, 0.717) is 16.1 Å². The Morgan fingerprint density at radius 1 is 0.830 bits per heavy atom. The molecule has 47 heavy (non-hydrogen) atoms. The van der Waals surface area contributed by atoms with E-state index in [1.807, 2.05) is 54.6 Å². The minimum atomic E-state index is -3.79. The molecule has 1 unspecified atom stereocenters. The molecule has 0 radical (unpaired) electrons. The second kappa shape index (κ2) is 12.2. The van der Waals surface area contributed by atoms with Gasteiger partial charge in [-0.15, -0.1) is 0 Å². The van der Waals surface area contributed by atoms with Crippen LogP contribution in [0.4, 0.5) is 5.69 Å². The molecule has 1 saturated carbocycles. The lowest BCUT2D eigenvalue weighted by Gasteiger charge is -2.36. The maximum Gasteiger partial charge on any atom is 0.244 e. The Morgan fingerprint density at radius 3 is 2.13 bits per heavy atom. The number of aromatic nitrogens is 2. The quantitative estimate of drug-likeness (QED) is 0.182. The molecule has 1 aliphatic heterocycles. The van der Waals surface area contributed by atoms with E-state index >= 15 is 0 Å². The lowest BCUT2D eigenvalue weighted by Crippen LogP contribution is -2.45. The van der Waals surface area contributed by atoms with Crippen LogP contribution in [0.2, 0.25) is 0 Å². The average molecular weight is 668 g/mol. The number of aryl methyl sites for hydroxylation is 2. The van der Waals surface area contributed by atoms with Crippen LogP contribution in [0.5, 0.6) is 0 Å². The van der Waals surface area contributed by atoms with Gasteiger partial charge in [-0.2, -0.15) is 0 Å². The van der Waals surface area contributed by atoms with Crippen molar-refractivity contribution in [3.05, 3.63) is 102 Å². The molecule has 8 nitrogen and oxygen atoms in total. The molecule has 7 rings (SSSR count). The maximum absolute atomic E-state index is 13.9. The van der Waals surface area contributed by atoms with Gasteiger partial charge in [0.05, 0.1) is 21.5 Å². The summed E-state index contributed by atoms with van der Waals surface area (Å²) in [6, 6.07) is 23.4. The number of pyridine rings is 1. The fourth-order valence-electron chi connectivity index (χ4n) is 6.60. The van der Waals surface area contributed by atoms with Gasteiger partial charge < -0.3 is 9.80 Å². The standard InChI is InChI=1S/C37H41N5O3S2/c1-26-20-30(21-27(2)36(26)41-18-16-40(3)17-19-41)31-22-34-35(29-10-14-33(15-11-29)46(4,43)39-32-12-13-32)24-42(37(34)38-23-31)47(44,45)25-28-8-6-5-7-9-28/h5-11,14-15,20-24,32H,12-13,16-19,25H2,1-4H3. The molecule has 1 atom stereocenters. The molecule has 2 fully saturated rings. The first-order valence-corrected chi connectivity index (χ1v) is 19.7. The van der Waals surface area contributed by atoms with E-state index in [1.54, 1.807) is 18.6 Å². The number of nitrogens with zero attached hydrogens (tertiary/aromatic N) is 5. The molecule has 1 saturated heterocycles. The predicted octanol–water partition coefficient (Wildman–Crippen LogP) is 6.74. The zero-order valence-corrected chi connectivity index (χ0v) is 29.0. The molecular weight excluding hydrogens is 627 g/mol. The van der Waals surface area contributed by atoms with Gasteiger partial charge in [-0.1, -0.05) is 42.5 Å². The third-order valence-corrected chi connectivity index (χ3v) is 12.7. The van der Waals surface area contributed by atoms with Crippen LogP contribution >= 0.6 is 0 Å². The summed E-state index contributed by atoms with van der Waals surface area (Å²) in [5, 5.41) is 0.741. The second-order valence-corrected chi connectivity index (χ2v) is 17.2. The largest absolute Gasteiger partial charge is 0.369 e. The lowest BCUT2D eigenvalue weighted by molar-refractivity contribution is 0.312. The Morgan fingerprint density at radius 2 is 1.49 bits per heavy atom. The third-order valence-electron chi connectivity index (χ3n) is 9.25. The Hall–Kier alpha value is -3.99. The van der Waals surface area contributed by atoms with Crippen LogP contribution < -0.4 is 4.90 Å². The van der Waals surface area contributed by atoms with Crippen LogP contribution in [0.1, 0.15) is 29.5 Å². The van der Waals surface area contributed by atoms with E-state index < -0.39 is 19.8 Å². The van der Waals surface area contributed by atoms with E-state index in [1.165, 1.54) is 20.8 Å². The Bertz CT molecular complexity index is 2170. The molecule has 2 aliphatic rings. The van der Waals surface area contributed by atoms with Gasteiger partial charge in [0.1, 0.15) is 0 Å². The molecule has 0 amide bonds. The highest BCUT2D eigenvalue weighted by molar-refractivity contribution is 7.93. The van der Waals surface area contributed by atoms with Crippen molar-refractivity contribution in [2.24, 2.45) is 4.36 Å². The van der Waals surface area contributed by atoms with Gasteiger partial charge in [-0.25, -0.2) is 25.9 Å². The smallest absolute Gasteiger partial charge is 0.244 e. The number of likely N-dealkylation sites (N-methyl/N-ethyl adjacent to an activating group) is 1. The molecule has 2 aromatic heterocycles. The van der Waals surface area contributed by atoms with Crippen LogP contribution in [-0.4, -0.2) is 72.0 Å². The van der Waals surface area contributed by atoms with Crippen LogP contribution in [0.3, 0.4) is 0 Å². The molecule has 0 bridgehead atoms. The molecule has 244 valence electrons. The lowest BCUT2D eigenvalue weighted by atomic mass is 9.97. The van der Waals surface area contributed by atoms with E-state index in [9.17, 15) is 12.6 Å². The van der Waals surface area contributed by atoms with Crippen molar-refractivity contribution in [2.45, 2.75) is 43.4 Å². The molecular formula is C37H41N5O3S2. The van der Waals surface area contributed by atoms with Gasteiger partial charge in [0.2, 0.25) is 10.0 Å². The summed E-state index contributed by atoms with van der Waals surface area (Å²) < 4.78 is 46.9. The first-order chi connectivity index (χ1) is 22.5. The molecule has 3 aromatic carbocycles. The Labute approximate surface area is 278 Å². The molecule has 0 N–H and O–H groups in total. The van der Waals surface area contributed by atoms with Crippen molar-refractivity contribution < 1.29 is 12.6 Å². The summed E-state index contributed by atoms with van der Waals surface area (Å²) in [6.07, 6.45) is 7.13. The molecule has 10 heteroatoms. The highest BCUT2D eigenvalue weighted by atomic mass is 32.2. The molecule has 0 spiro atoms. The topological polar surface area (TPSA) is 87.9 Å². The number of piperazine rings is 1. The number of benzene rings is 3. The normalized spacial score (nSPS) is 17.1. The Balaban J connectivity index is 1.32. The van der Waals surface area contributed by atoms with Gasteiger partial charge in [0, 0.05) is 71.9 Å². The van der Waals surface area contributed by atoms with Crippen LogP contribution in [0.15, 0.2) is 94.4 Å². The molecule has 1 aliphatic carbocycles.